The number of amides is 2. The summed E-state index contributed by atoms with van der Waals surface area (Å²) < 4.78 is 10.5. The molecule has 0 aromatic heterocycles. The molecule has 1 aliphatic rings. The van der Waals surface area contributed by atoms with Crippen LogP contribution in [0.25, 0.3) is 6.08 Å². The summed E-state index contributed by atoms with van der Waals surface area (Å²) in [6.07, 6.45) is 1.63. The maximum atomic E-state index is 12.7. The number of methoxy groups -OCH3 is 2. The fourth-order valence-corrected chi connectivity index (χ4v) is 3.53. The van der Waals surface area contributed by atoms with Gasteiger partial charge in [0.1, 0.15) is 11.5 Å². The van der Waals surface area contributed by atoms with Gasteiger partial charge in [-0.05, 0) is 48.2 Å². The first-order valence-electron chi connectivity index (χ1n) is 7.99. The smallest absolute Gasteiger partial charge is 0.295 e. The van der Waals surface area contributed by atoms with Crippen molar-refractivity contribution in [3.05, 3.63) is 58.0 Å². The third kappa shape index (κ3) is 4.20. The van der Waals surface area contributed by atoms with E-state index in [1.807, 2.05) is 6.07 Å². The number of imide groups is 1. The number of benzene rings is 2. The van der Waals surface area contributed by atoms with Crippen molar-refractivity contribution in [2.75, 3.05) is 26.2 Å². The minimum absolute atomic E-state index is 0.0288. The van der Waals surface area contributed by atoms with Crippen LogP contribution in [0, 0.1) is 0 Å². The second-order valence-corrected chi connectivity index (χ2v) is 6.93. The number of anilines is 1. The zero-order valence-electron chi connectivity index (χ0n) is 14.7. The summed E-state index contributed by atoms with van der Waals surface area (Å²) in [4.78, 5) is 26.4. The molecule has 0 spiro atoms. The van der Waals surface area contributed by atoms with Crippen LogP contribution >= 0.6 is 23.4 Å². The van der Waals surface area contributed by atoms with Crippen molar-refractivity contribution in [2.45, 2.75) is 0 Å². The van der Waals surface area contributed by atoms with Crippen molar-refractivity contribution in [3.63, 3.8) is 0 Å². The van der Waals surface area contributed by atoms with Crippen LogP contribution in [-0.2, 0) is 4.79 Å². The molecule has 1 aliphatic heterocycles. The molecule has 1 saturated heterocycles. The number of para-hydroxylation sites is 1. The molecule has 6 nitrogen and oxygen atoms in total. The first-order chi connectivity index (χ1) is 13.0. The highest BCUT2D eigenvalue weighted by Crippen LogP contribution is 2.35. The Morgan fingerprint density at radius 1 is 1.15 bits per heavy atom. The fourth-order valence-electron chi connectivity index (χ4n) is 2.50. The van der Waals surface area contributed by atoms with E-state index in [9.17, 15) is 9.59 Å². The fraction of sp³-hybridized carbons (Fsp3) is 0.158. The minimum atomic E-state index is -0.380. The van der Waals surface area contributed by atoms with Crippen molar-refractivity contribution in [2.24, 2.45) is 0 Å². The Labute approximate surface area is 166 Å². The van der Waals surface area contributed by atoms with E-state index < -0.39 is 0 Å². The molecule has 0 bridgehead atoms. The predicted octanol–water partition coefficient (Wildman–Crippen LogP) is 4.46. The van der Waals surface area contributed by atoms with E-state index >= 15 is 0 Å². The van der Waals surface area contributed by atoms with E-state index in [0.717, 1.165) is 16.7 Å². The number of carbonyl (C=O) groups excluding carboxylic acids is 2. The number of nitrogens with zero attached hydrogens (tertiary/aromatic N) is 1. The van der Waals surface area contributed by atoms with Crippen LogP contribution in [0.3, 0.4) is 0 Å². The topological polar surface area (TPSA) is 67.9 Å². The quantitative estimate of drug-likeness (QED) is 0.717. The molecule has 2 aromatic rings. The summed E-state index contributed by atoms with van der Waals surface area (Å²) in [6, 6.07) is 12.4. The maximum absolute atomic E-state index is 12.7. The lowest BCUT2D eigenvalue weighted by atomic mass is 10.1. The molecule has 140 valence electrons. The highest BCUT2D eigenvalue weighted by atomic mass is 35.5. The van der Waals surface area contributed by atoms with Gasteiger partial charge in [-0.2, -0.15) is 0 Å². The molecule has 0 saturated carbocycles. The van der Waals surface area contributed by atoms with Crippen molar-refractivity contribution in [1.29, 1.82) is 0 Å². The molecule has 0 atom stereocenters. The summed E-state index contributed by atoms with van der Waals surface area (Å²) in [7, 11) is 3.10. The van der Waals surface area contributed by atoms with Crippen LogP contribution < -0.4 is 14.8 Å². The molecule has 3 rings (SSSR count). The lowest BCUT2D eigenvalue weighted by molar-refractivity contribution is -0.122. The Morgan fingerprint density at radius 2 is 1.93 bits per heavy atom. The zero-order valence-corrected chi connectivity index (χ0v) is 16.3. The van der Waals surface area contributed by atoms with Gasteiger partial charge in [0.2, 0.25) is 0 Å². The van der Waals surface area contributed by atoms with Gasteiger partial charge in [0.15, 0.2) is 0 Å². The third-order valence-corrected chi connectivity index (χ3v) is 5.14. The molecule has 2 aromatic carbocycles. The molecule has 1 fully saturated rings. The average molecular weight is 405 g/mol. The molecular weight excluding hydrogens is 388 g/mol. The summed E-state index contributed by atoms with van der Waals surface area (Å²) in [5.41, 5.74) is 1.30. The minimum Gasteiger partial charge on any atom is -0.497 e. The molecule has 0 radical (unpaired) electrons. The first kappa shape index (κ1) is 19.1. The summed E-state index contributed by atoms with van der Waals surface area (Å²) >= 11 is 6.96. The Balaban J connectivity index is 1.80. The van der Waals surface area contributed by atoms with Crippen LogP contribution in [0.2, 0.25) is 5.02 Å². The lowest BCUT2D eigenvalue weighted by Gasteiger charge is -2.15. The van der Waals surface area contributed by atoms with Gasteiger partial charge < -0.3 is 14.8 Å². The second kappa shape index (κ2) is 8.37. The standard InChI is InChI=1S/C19H17ClN2O4S/c1-25-13-7-8-16(26-2)12(9-13)10-17-18(23)22(19(24)27-17)11-21-15-6-4-3-5-14(15)20/h3-10,21H,11H2,1-2H3. The van der Waals surface area contributed by atoms with Crippen molar-refractivity contribution >= 4 is 46.3 Å². The van der Waals surface area contributed by atoms with Gasteiger partial charge in [0.05, 0.1) is 36.5 Å². The van der Waals surface area contributed by atoms with Crippen molar-refractivity contribution < 1.29 is 19.1 Å². The maximum Gasteiger partial charge on any atom is 0.295 e. The molecule has 8 heteroatoms. The zero-order chi connectivity index (χ0) is 19.4. The van der Waals surface area contributed by atoms with Crippen molar-refractivity contribution in [1.82, 2.24) is 4.90 Å². The summed E-state index contributed by atoms with van der Waals surface area (Å²) in [5.74, 6) is 0.827. The number of ether oxygens (including phenoxy) is 2. The molecule has 1 heterocycles. The molecule has 2 amide bonds. The van der Waals surface area contributed by atoms with Crippen LogP contribution in [-0.4, -0.2) is 36.9 Å². The molecule has 0 aliphatic carbocycles. The van der Waals surface area contributed by atoms with Crippen LogP contribution in [0.1, 0.15) is 5.56 Å². The molecule has 0 unspecified atom stereocenters. The van der Waals surface area contributed by atoms with Crippen molar-refractivity contribution in [3.8, 4) is 11.5 Å². The Kier molecular flexibility index (Phi) is 5.93. The first-order valence-corrected chi connectivity index (χ1v) is 9.18. The van der Waals surface area contributed by atoms with Gasteiger partial charge in [-0.25, -0.2) is 0 Å². The Hall–Kier alpha value is -2.64. The SMILES string of the molecule is COc1ccc(OC)c(C=C2SC(=O)N(CNc3ccccc3Cl)C2=O)c1. The van der Waals surface area contributed by atoms with Gasteiger partial charge in [0, 0.05) is 5.56 Å². The number of nitrogens with one attached hydrogen (secondary N) is 1. The number of hydrogen-bond donors (Lipinski definition) is 1. The van der Waals surface area contributed by atoms with Gasteiger partial charge in [0.25, 0.3) is 11.1 Å². The van der Waals surface area contributed by atoms with Crippen LogP contribution in [0.15, 0.2) is 47.4 Å². The van der Waals surface area contributed by atoms with E-state index in [1.165, 1.54) is 0 Å². The second-order valence-electron chi connectivity index (χ2n) is 5.53. The Morgan fingerprint density at radius 3 is 2.63 bits per heavy atom. The van der Waals surface area contributed by atoms with Gasteiger partial charge in [-0.3, -0.25) is 14.5 Å². The number of thioether (sulfide) groups is 1. The van der Waals surface area contributed by atoms with Crippen LogP contribution in [0.4, 0.5) is 10.5 Å². The highest BCUT2D eigenvalue weighted by molar-refractivity contribution is 8.18. The molecule has 1 N–H and O–H groups in total. The third-order valence-electron chi connectivity index (χ3n) is 3.90. The average Bonchev–Trinajstić information content (AvgIpc) is 2.94. The largest absolute Gasteiger partial charge is 0.497 e. The number of carbonyl (C=O) groups is 2. The van der Waals surface area contributed by atoms with E-state index in [-0.39, 0.29) is 17.8 Å². The van der Waals surface area contributed by atoms with Crippen LogP contribution in [0.5, 0.6) is 11.5 Å². The van der Waals surface area contributed by atoms with E-state index in [2.05, 4.69) is 5.32 Å². The van der Waals surface area contributed by atoms with E-state index in [4.69, 9.17) is 21.1 Å². The van der Waals surface area contributed by atoms with Gasteiger partial charge in [-0.15, -0.1) is 0 Å². The highest BCUT2D eigenvalue weighted by Gasteiger charge is 2.35. The summed E-state index contributed by atoms with van der Waals surface area (Å²) in [5, 5.41) is 3.17. The predicted molar refractivity (Wildman–Crippen MR) is 107 cm³/mol. The molecule has 27 heavy (non-hydrogen) atoms. The van der Waals surface area contributed by atoms with E-state index in [0.29, 0.717) is 32.7 Å². The number of halogens is 1. The monoisotopic (exact) mass is 404 g/mol. The summed E-state index contributed by atoms with van der Waals surface area (Å²) in [6.45, 7) is 0.0288. The number of rotatable bonds is 6. The molecular formula is C19H17ClN2O4S. The Bertz CT molecular complexity index is 916. The number of hydrogen-bond acceptors (Lipinski definition) is 6. The van der Waals surface area contributed by atoms with Gasteiger partial charge >= 0.3 is 0 Å². The normalized spacial score (nSPS) is 15.4. The lowest BCUT2D eigenvalue weighted by Crippen LogP contribution is -2.33. The van der Waals surface area contributed by atoms with E-state index in [1.54, 1.807) is 56.7 Å². The van der Waals surface area contributed by atoms with Gasteiger partial charge in [-0.1, -0.05) is 23.7 Å².